The summed E-state index contributed by atoms with van der Waals surface area (Å²) in [6.45, 7) is 11.2. The first-order chi connectivity index (χ1) is 22.8. The molecule has 0 fully saturated rings. The minimum absolute atomic E-state index is 0.0674. The van der Waals surface area contributed by atoms with Gasteiger partial charge in [0.15, 0.2) is 6.10 Å². The summed E-state index contributed by atoms with van der Waals surface area (Å²) in [4.78, 5) is 37.4. The first-order valence-corrected chi connectivity index (χ1v) is 20.3. The SMILES string of the molecule is CCCCCCCCCC(=O)OC[C@@H](COC(=O)CCCCCCCCC(C)CC)OC(=O)CCCCCCCCCCC(C)CC. The molecular formula is C41H78O6. The first-order valence-electron chi connectivity index (χ1n) is 20.3. The number of rotatable bonds is 35. The molecule has 2 unspecified atom stereocenters. The Kier molecular flexibility index (Phi) is 33.1. The molecule has 0 aromatic carbocycles. The molecule has 0 radical (unpaired) electrons. The summed E-state index contributed by atoms with van der Waals surface area (Å²) in [5.41, 5.74) is 0. The Morgan fingerprint density at radius 3 is 1.11 bits per heavy atom. The topological polar surface area (TPSA) is 78.9 Å². The molecule has 6 nitrogen and oxygen atoms in total. The average molecular weight is 667 g/mol. The maximum Gasteiger partial charge on any atom is 0.306 e. The van der Waals surface area contributed by atoms with Crippen LogP contribution >= 0.6 is 0 Å². The summed E-state index contributed by atoms with van der Waals surface area (Å²) in [6.07, 6.45) is 29.5. The fourth-order valence-electron chi connectivity index (χ4n) is 5.80. The molecule has 0 saturated heterocycles. The number of hydrogen-bond donors (Lipinski definition) is 0. The van der Waals surface area contributed by atoms with Crippen LogP contribution in [0.1, 0.15) is 214 Å². The Balaban J connectivity index is 4.36. The van der Waals surface area contributed by atoms with Gasteiger partial charge in [-0.2, -0.15) is 0 Å². The van der Waals surface area contributed by atoms with E-state index in [2.05, 4.69) is 34.6 Å². The Bertz CT molecular complexity index is 723. The van der Waals surface area contributed by atoms with E-state index in [4.69, 9.17) is 14.2 Å². The van der Waals surface area contributed by atoms with Crippen molar-refractivity contribution in [3.63, 3.8) is 0 Å². The fourth-order valence-corrected chi connectivity index (χ4v) is 5.80. The quantitative estimate of drug-likeness (QED) is 0.0380. The maximum absolute atomic E-state index is 12.6. The largest absolute Gasteiger partial charge is 0.462 e. The Labute approximate surface area is 291 Å². The summed E-state index contributed by atoms with van der Waals surface area (Å²) in [5.74, 6) is 0.784. The lowest BCUT2D eigenvalue weighted by Crippen LogP contribution is -2.30. The number of ether oxygens (including phenoxy) is 3. The smallest absolute Gasteiger partial charge is 0.306 e. The van der Waals surface area contributed by atoms with Crippen LogP contribution in [-0.4, -0.2) is 37.2 Å². The second kappa shape index (κ2) is 34.3. The molecule has 0 aliphatic heterocycles. The third kappa shape index (κ3) is 32.7. The van der Waals surface area contributed by atoms with E-state index in [9.17, 15) is 14.4 Å². The zero-order valence-electron chi connectivity index (χ0n) is 31.9. The molecular weight excluding hydrogens is 588 g/mol. The fraction of sp³-hybridized carbons (Fsp3) is 0.927. The van der Waals surface area contributed by atoms with Crippen molar-refractivity contribution in [1.29, 1.82) is 0 Å². The molecule has 0 aromatic rings. The zero-order chi connectivity index (χ0) is 34.8. The van der Waals surface area contributed by atoms with Gasteiger partial charge in [-0.25, -0.2) is 0 Å². The number of esters is 3. The van der Waals surface area contributed by atoms with E-state index in [0.29, 0.717) is 19.3 Å². The minimum atomic E-state index is -0.759. The molecule has 0 rings (SSSR count). The molecule has 278 valence electrons. The van der Waals surface area contributed by atoms with E-state index in [1.54, 1.807) is 0 Å². The van der Waals surface area contributed by atoms with E-state index in [0.717, 1.165) is 69.6 Å². The predicted molar refractivity (Wildman–Crippen MR) is 196 cm³/mol. The van der Waals surface area contributed by atoms with E-state index in [1.165, 1.54) is 103 Å². The molecule has 47 heavy (non-hydrogen) atoms. The Morgan fingerprint density at radius 2 is 0.745 bits per heavy atom. The third-order valence-corrected chi connectivity index (χ3v) is 9.69. The second-order valence-electron chi connectivity index (χ2n) is 14.4. The molecule has 0 bridgehead atoms. The molecule has 0 amide bonds. The zero-order valence-corrected chi connectivity index (χ0v) is 31.9. The standard InChI is InChI=1S/C41H78O6/c1-6-9-10-11-14-21-26-31-39(42)45-34-38(35-46-40(43)32-27-22-18-17-20-25-30-37(5)8-3)47-41(44)33-28-23-16-13-12-15-19-24-29-36(4)7-2/h36-38H,6-35H2,1-5H3/t36?,37?,38-/m0/s1. The van der Waals surface area contributed by atoms with Crippen molar-refractivity contribution in [2.24, 2.45) is 11.8 Å². The highest BCUT2D eigenvalue weighted by Gasteiger charge is 2.19. The van der Waals surface area contributed by atoms with Crippen LogP contribution in [0.15, 0.2) is 0 Å². The van der Waals surface area contributed by atoms with Gasteiger partial charge in [0, 0.05) is 19.3 Å². The van der Waals surface area contributed by atoms with E-state index >= 15 is 0 Å². The van der Waals surface area contributed by atoms with Crippen LogP contribution in [0.2, 0.25) is 0 Å². The maximum atomic E-state index is 12.6. The average Bonchev–Trinajstić information content (AvgIpc) is 3.07. The van der Waals surface area contributed by atoms with Gasteiger partial charge < -0.3 is 14.2 Å². The summed E-state index contributed by atoms with van der Waals surface area (Å²) >= 11 is 0. The van der Waals surface area contributed by atoms with Crippen molar-refractivity contribution in [3.05, 3.63) is 0 Å². The molecule has 0 heterocycles. The summed E-state index contributed by atoms with van der Waals surface area (Å²) in [6, 6.07) is 0. The van der Waals surface area contributed by atoms with Gasteiger partial charge >= 0.3 is 17.9 Å². The van der Waals surface area contributed by atoms with Crippen molar-refractivity contribution >= 4 is 17.9 Å². The summed E-state index contributed by atoms with van der Waals surface area (Å²) < 4.78 is 16.6. The van der Waals surface area contributed by atoms with Crippen LogP contribution in [-0.2, 0) is 28.6 Å². The molecule has 0 aromatic heterocycles. The molecule has 6 heteroatoms. The van der Waals surface area contributed by atoms with Gasteiger partial charge in [0.2, 0.25) is 0 Å². The van der Waals surface area contributed by atoms with Gasteiger partial charge in [-0.1, -0.05) is 176 Å². The van der Waals surface area contributed by atoms with Crippen molar-refractivity contribution in [2.75, 3.05) is 13.2 Å². The molecule has 0 N–H and O–H groups in total. The van der Waals surface area contributed by atoms with Crippen molar-refractivity contribution < 1.29 is 28.6 Å². The highest BCUT2D eigenvalue weighted by molar-refractivity contribution is 5.71. The van der Waals surface area contributed by atoms with Gasteiger partial charge in [-0.3, -0.25) is 14.4 Å². The van der Waals surface area contributed by atoms with E-state index < -0.39 is 6.10 Å². The van der Waals surface area contributed by atoms with Crippen LogP contribution in [0.4, 0.5) is 0 Å². The molecule has 3 atom stereocenters. The lowest BCUT2D eigenvalue weighted by atomic mass is 9.99. The molecule has 0 spiro atoms. The third-order valence-electron chi connectivity index (χ3n) is 9.69. The van der Waals surface area contributed by atoms with Crippen LogP contribution in [0, 0.1) is 11.8 Å². The second-order valence-corrected chi connectivity index (χ2v) is 14.4. The van der Waals surface area contributed by atoms with Gasteiger partial charge in [0.25, 0.3) is 0 Å². The lowest BCUT2D eigenvalue weighted by molar-refractivity contribution is -0.167. The molecule has 0 aliphatic carbocycles. The van der Waals surface area contributed by atoms with E-state index in [-0.39, 0.29) is 31.1 Å². The number of carbonyl (C=O) groups is 3. The Morgan fingerprint density at radius 1 is 0.426 bits per heavy atom. The van der Waals surface area contributed by atoms with Crippen molar-refractivity contribution in [1.82, 2.24) is 0 Å². The normalized spacial score (nSPS) is 13.2. The molecule has 0 saturated carbocycles. The lowest BCUT2D eigenvalue weighted by Gasteiger charge is -2.18. The summed E-state index contributed by atoms with van der Waals surface area (Å²) in [7, 11) is 0. The van der Waals surface area contributed by atoms with Crippen LogP contribution < -0.4 is 0 Å². The highest BCUT2D eigenvalue weighted by Crippen LogP contribution is 2.17. The summed E-state index contributed by atoms with van der Waals surface area (Å²) in [5, 5.41) is 0. The van der Waals surface area contributed by atoms with Crippen LogP contribution in [0.5, 0.6) is 0 Å². The van der Waals surface area contributed by atoms with Gasteiger partial charge in [-0.15, -0.1) is 0 Å². The van der Waals surface area contributed by atoms with Crippen molar-refractivity contribution in [3.8, 4) is 0 Å². The van der Waals surface area contributed by atoms with Crippen LogP contribution in [0.25, 0.3) is 0 Å². The monoisotopic (exact) mass is 667 g/mol. The van der Waals surface area contributed by atoms with Gasteiger partial charge in [0.05, 0.1) is 0 Å². The van der Waals surface area contributed by atoms with Gasteiger partial charge in [0.1, 0.15) is 13.2 Å². The number of hydrogen-bond acceptors (Lipinski definition) is 6. The first kappa shape index (κ1) is 45.4. The molecule has 0 aliphatic rings. The Hall–Kier alpha value is -1.59. The number of unbranched alkanes of at least 4 members (excludes halogenated alkanes) is 18. The number of carbonyl (C=O) groups excluding carboxylic acids is 3. The van der Waals surface area contributed by atoms with Gasteiger partial charge in [-0.05, 0) is 31.1 Å². The predicted octanol–water partition coefficient (Wildman–Crippen LogP) is 12.2. The highest BCUT2D eigenvalue weighted by atomic mass is 16.6. The van der Waals surface area contributed by atoms with Crippen molar-refractivity contribution in [2.45, 2.75) is 221 Å². The van der Waals surface area contributed by atoms with E-state index in [1.807, 2.05) is 0 Å². The van der Waals surface area contributed by atoms with Crippen LogP contribution in [0.3, 0.4) is 0 Å². The minimum Gasteiger partial charge on any atom is -0.462 e.